The lowest BCUT2D eigenvalue weighted by molar-refractivity contribution is -0.118. The van der Waals surface area contributed by atoms with Crippen LogP contribution in [0.1, 0.15) is 18.4 Å². The summed E-state index contributed by atoms with van der Waals surface area (Å²) in [6.07, 6.45) is 1.82. The van der Waals surface area contributed by atoms with Gasteiger partial charge in [-0.2, -0.15) is 0 Å². The van der Waals surface area contributed by atoms with Crippen LogP contribution in [-0.4, -0.2) is 24.8 Å². The van der Waals surface area contributed by atoms with E-state index >= 15 is 0 Å². The molecule has 0 unspecified atom stereocenters. The van der Waals surface area contributed by atoms with Crippen LogP contribution in [0.2, 0.25) is 5.02 Å². The second-order valence-electron chi connectivity index (χ2n) is 5.46. The molecule has 0 aliphatic rings. The van der Waals surface area contributed by atoms with Gasteiger partial charge in [0.15, 0.2) is 0 Å². The minimum Gasteiger partial charge on any atom is -0.494 e. The molecule has 0 aliphatic heterocycles. The molecule has 2 rings (SSSR count). The minimum absolute atomic E-state index is 0.0504. The Morgan fingerprint density at radius 1 is 1.08 bits per heavy atom. The SMILES string of the molecule is Cc1ccc(OCCCCNC(=O)CSc2ccc(Cl)cc2)cc1. The summed E-state index contributed by atoms with van der Waals surface area (Å²) in [7, 11) is 0. The van der Waals surface area contributed by atoms with E-state index in [0.717, 1.165) is 23.5 Å². The van der Waals surface area contributed by atoms with Gasteiger partial charge in [0.2, 0.25) is 5.91 Å². The Hall–Kier alpha value is -1.65. The number of thioether (sulfide) groups is 1. The Morgan fingerprint density at radius 2 is 1.79 bits per heavy atom. The number of hydrogen-bond donors (Lipinski definition) is 1. The predicted octanol–water partition coefficient (Wildman–Crippen LogP) is 4.72. The van der Waals surface area contributed by atoms with E-state index in [2.05, 4.69) is 12.2 Å². The first kappa shape index (κ1) is 18.7. The monoisotopic (exact) mass is 363 g/mol. The molecule has 0 bridgehead atoms. The summed E-state index contributed by atoms with van der Waals surface area (Å²) in [6, 6.07) is 15.5. The maximum absolute atomic E-state index is 11.8. The number of aryl methyl sites for hydroxylation is 1. The second kappa shape index (κ2) is 10.3. The van der Waals surface area contributed by atoms with E-state index in [1.807, 2.05) is 48.5 Å². The fourth-order valence-electron chi connectivity index (χ4n) is 2.01. The average Bonchev–Trinajstić information content (AvgIpc) is 2.59. The van der Waals surface area contributed by atoms with Crippen molar-refractivity contribution >= 4 is 29.3 Å². The predicted molar refractivity (Wildman–Crippen MR) is 101 cm³/mol. The number of rotatable bonds is 9. The summed E-state index contributed by atoms with van der Waals surface area (Å²) >= 11 is 7.34. The van der Waals surface area contributed by atoms with E-state index in [4.69, 9.17) is 16.3 Å². The first-order valence-electron chi connectivity index (χ1n) is 7.98. The third-order valence-corrected chi connectivity index (χ3v) is 4.63. The van der Waals surface area contributed by atoms with Crippen molar-refractivity contribution in [2.24, 2.45) is 0 Å². The van der Waals surface area contributed by atoms with Crippen molar-refractivity contribution < 1.29 is 9.53 Å². The van der Waals surface area contributed by atoms with Gasteiger partial charge >= 0.3 is 0 Å². The Labute approximate surface area is 152 Å². The van der Waals surface area contributed by atoms with Gasteiger partial charge in [-0.3, -0.25) is 4.79 Å². The zero-order valence-corrected chi connectivity index (χ0v) is 15.3. The van der Waals surface area contributed by atoms with E-state index in [0.29, 0.717) is 23.9 Å². The van der Waals surface area contributed by atoms with Crippen LogP contribution in [0, 0.1) is 6.92 Å². The number of amides is 1. The van der Waals surface area contributed by atoms with Crippen molar-refractivity contribution in [3.8, 4) is 5.75 Å². The van der Waals surface area contributed by atoms with E-state index in [9.17, 15) is 4.79 Å². The van der Waals surface area contributed by atoms with Crippen LogP contribution in [0.25, 0.3) is 0 Å². The number of carbonyl (C=O) groups excluding carboxylic acids is 1. The van der Waals surface area contributed by atoms with Gasteiger partial charge in [0.25, 0.3) is 0 Å². The lowest BCUT2D eigenvalue weighted by atomic mass is 10.2. The molecular weight excluding hydrogens is 342 g/mol. The molecule has 2 aromatic rings. The van der Waals surface area contributed by atoms with Gasteiger partial charge in [0.1, 0.15) is 5.75 Å². The molecule has 1 N–H and O–H groups in total. The fraction of sp³-hybridized carbons (Fsp3) is 0.316. The van der Waals surface area contributed by atoms with Gasteiger partial charge in [-0.1, -0.05) is 29.3 Å². The number of benzene rings is 2. The maximum Gasteiger partial charge on any atom is 0.230 e. The van der Waals surface area contributed by atoms with Crippen LogP contribution >= 0.6 is 23.4 Å². The number of halogens is 1. The summed E-state index contributed by atoms with van der Waals surface area (Å²) in [5.41, 5.74) is 1.22. The Morgan fingerprint density at radius 3 is 2.50 bits per heavy atom. The summed E-state index contributed by atoms with van der Waals surface area (Å²) in [4.78, 5) is 12.8. The van der Waals surface area contributed by atoms with Crippen LogP contribution in [0.5, 0.6) is 5.75 Å². The zero-order chi connectivity index (χ0) is 17.2. The van der Waals surface area contributed by atoms with Crippen LogP contribution in [-0.2, 0) is 4.79 Å². The molecule has 1 amide bonds. The second-order valence-corrected chi connectivity index (χ2v) is 6.95. The number of hydrogen-bond acceptors (Lipinski definition) is 3. The van der Waals surface area contributed by atoms with Gasteiger partial charge in [0.05, 0.1) is 12.4 Å². The molecule has 0 saturated heterocycles. The largest absolute Gasteiger partial charge is 0.494 e. The molecule has 0 aromatic heterocycles. The standard InChI is InChI=1S/C19H22ClNO2S/c1-15-4-8-17(9-5-15)23-13-3-2-12-21-19(22)14-24-18-10-6-16(20)7-11-18/h4-11H,2-3,12-14H2,1H3,(H,21,22). The smallest absolute Gasteiger partial charge is 0.230 e. The maximum atomic E-state index is 11.8. The highest BCUT2D eigenvalue weighted by atomic mass is 35.5. The molecule has 24 heavy (non-hydrogen) atoms. The molecule has 0 fully saturated rings. The minimum atomic E-state index is 0.0504. The van der Waals surface area contributed by atoms with Crippen molar-refractivity contribution in [1.82, 2.24) is 5.32 Å². The van der Waals surface area contributed by atoms with Crippen molar-refractivity contribution in [1.29, 1.82) is 0 Å². The lowest BCUT2D eigenvalue weighted by Crippen LogP contribution is -2.26. The van der Waals surface area contributed by atoms with Crippen molar-refractivity contribution in [2.45, 2.75) is 24.7 Å². The van der Waals surface area contributed by atoms with Crippen LogP contribution in [0.15, 0.2) is 53.4 Å². The normalized spacial score (nSPS) is 10.4. The Kier molecular flexibility index (Phi) is 7.99. The molecule has 0 saturated carbocycles. The lowest BCUT2D eigenvalue weighted by Gasteiger charge is -2.07. The number of unbranched alkanes of at least 4 members (excludes halogenated alkanes) is 1. The molecular formula is C19H22ClNO2S. The molecule has 128 valence electrons. The number of ether oxygens (including phenoxy) is 1. The van der Waals surface area contributed by atoms with E-state index < -0.39 is 0 Å². The number of carbonyl (C=O) groups is 1. The van der Waals surface area contributed by atoms with E-state index in [1.54, 1.807) is 0 Å². The van der Waals surface area contributed by atoms with Gasteiger partial charge in [0, 0.05) is 16.5 Å². The molecule has 0 atom stereocenters. The van der Waals surface area contributed by atoms with Crippen molar-refractivity contribution in [3.05, 3.63) is 59.1 Å². The number of nitrogens with one attached hydrogen (secondary N) is 1. The van der Waals surface area contributed by atoms with Crippen molar-refractivity contribution in [2.75, 3.05) is 18.9 Å². The zero-order valence-electron chi connectivity index (χ0n) is 13.8. The molecule has 0 spiro atoms. The summed E-state index contributed by atoms with van der Waals surface area (Å²) < 4.78 is 5.66. The summed E-state index contributed by atoms with van der Waals surface area (Å²) in [5, 5.41) is 3.63. The summed E-state index contributed by atoms with van der Waals surface area (Å²) in [6.45, 7) is 3.40. The van der Waals surface area contributed by atoms with Crippen LogP contribution in [0.4, 0.5) is 0 Å². The Bertz CT molecular complexity index is 629. The molecule has 0 radical (unpaired) electrons. The molecule has 3 nitrogen and oxygen atoms in total. The topological polar surface area (TPSA) is 38.3 Å². The third kappa shape index (κ3) is 7.28. The summed E-state index contributed by atoms with van der Waals surface area (Å²) in [5.74, 6) is 1.36. The highest BCUT2D eigenvalue weighted by molar-refractivity contribution is 8.00. The first-order valence-corrected chi connectivity index (χ1v) is 9.34. The molecule has 5 heteroatoms. The van der Waals surface area contributed by atoms with E-state index in [1.165, 1.54) is 17.3 Å². The van der Waals surface area contributed by atoms with Gasteiger partial charge in [-0.25, -0.2) is 0 Å². The van der Waals surface area contributed by atoms with E-state index in [-0.39, 0.29) is 5.91 Å². The quantitative estimate of drug-likeness (QED) is 0.517. The first-order chi connectivity index (χ1) is 11.6. The average molecular weight is 364 g/mol. The molecule has 2 aromatic carbocycles. The van der Waals surface area contributed by atoms with Gasteiger partial charge < -0.3 is 10.1 Å². The van der Waals surface area contributed by atoms with Crippen molar-refractivity contribution in [3.63, 3.8) is 0 Å². The molecule has 0 aliphatic carbocycles. The van der Waals surface area contributed by atoms with Crippen LogP contribution in [0.3, 0.4) is 0 Å². The van der Waals surface area contributed by atoms with Gasteiger partial charge in [-0.05, 0) is 56.2 Å². The van der Waals surface area contributed by atoms with Crippen LogP contribution < -0.4 is 10.1 Å². The highest BCUT2D eigenvalue weighted by Crippen LogP contribution is 2.19. The Balaban J connectivity index is 1.51. The fourth-order valence-corrected chi connectivity index (χ4v) is 2.86. The van der Waals surface area contributed by atoms with Gasteiger partial charge in [-0.15, -0.1) is 11.8 Å². The highest BCUT2D eigenvalue weighted by Gasteiger charge is 2.02. The molecule has 0 heterocycles. The third-order valence-electron chi connectivity index (χ3n) is 3.37.